The first-order valence-electron chi connectivity index (χ1n) is 10.2. The first kappa shape index (κ1) is 17.2. The number of nitrogens with zero attached hydrogens (tertiary/aromatic N) is 5. The molecular weight excluding hydrogens is 346 g/mol. The summed E-state index contributed by atoms with van der Waals surface area (Å²) >= 11 is 0. The molecule has 2 heterocycles. The lowest BCUT2D eigenvalue weighted by Gasteiger charge is -2.61. The number of hydrogen-bond acceptors (Lipinski definition) is 5. The van der Waals surface area contributed by atoms with Crippen molar-refractivity contribution in [2.45, 2.75) is 44.1 Å². The Hall–Kier alpha value is -1.96. The van der Waals surface area contributed by atoms with Gasteiger partial charge in [-0.15, -0.1) is 0 Å². The fourth-order valence-electron chi connectivity index (χ4n) is 6.79. The Labute approximate surface area is 158 Å². The van der Waals surface area contributed by atoms with Gasteiger partial charge in [-0.1, -0.05) is 0 Å². The number of nitro groups is 1. The minimum absolute atomic E-state index is 0.0863. The molecule has 6 rings (SSSR count). The van der Waals surface area contributed by atoms with E-state index in [0.29, 0.717) is 18.6 Å². The maximum Gasteiger partial charge on any atom is 0.320 e. The molecule has 0 aromatic carbocycles. The average Bonchev–Trinajstić information content (AvgIpc) is 3.02. The monoisotopic (exact) mass is 373 g/mol. The van der Waals surface area contributed by atoms with E-state index in [4.69, 9.17) is 0 Å². The molecule has 1 aliphatic heterocycles. The third-order valence-corrected chi connectivity index (χ3v) is 7.56. The van der Waals surface area contributed by atoms with E-state index in [1.165, 1.54) is 49.4 Å². The molecule has 1 amide bonds. The number of hydrogen-bond donors (Lipinski definition) is 0. The molecule has 5 aliphatic rings. The van der Waals surface area contributed by atoms with Crippen LogP contribution in [0.4, 0.5) is 5.69 Å². The third-order valence-electron chi connectivity index (χ3n) is 7.56. The fraction of sp³-hybridized carbons (Fsp3) is 0.789. The highest BCUT2D eigenvalue weighted by Crippen LogP contribution is 2.57. The Morgan fingerprint density at radius 1 is 1.11 bits per heavy atom. The summed E-state index contributed by atoms with van der Waals surface area (Å²) in [6.45, 7) is 3.04. The molecular formula is C19H27N5O3. The number of aromatic nitrogens is 2. The van der Waals surface area contributed by atoms with E-state index in [-0.39, 0.29) is 17.3 Å². The van der Waals surface area contributed by atoms with Gasteiger partial charge in [0.25, 0.3) is 5.91 Å². The summed E-state index contributed by atoms with van der Waals surface area (Å²) in [5.41, 5.74) is 0.247. The van der Waals surface area contributed by atoms with E-state index in [1.807, 2.05) is 0 Å². The van der Waals surface area contributed by atoms with Gasteiger partial charge in [-0.05, 0) is 56.3 Å². The summed E-state index contributed by atoms with van der Waals surface area (Å²) in [5, 5.41) is 15.1. The van der Waals surface area contributed by atoms with Crippen molar-refractivity contribution in [2.24, 2.45) is 24.8 Å². The quantitative estimate of drug-likeness (QED) is 0.598. The van der Waals surface area contributed by atoms with Crippen molar-refractivity contribution in [3.63, 3.8) is 0 Å². The number of carbonyl (C=O) groups is 1. The van der Waals surface area contributed by atoms with Gasteiger partial charge in [-0.25, -0.2) is 0 Å². The van der Waals surface area contributed by atoms with Crippen molar-refractivity contribution >= 4 is 11.6 Å². The van der Waals surface area contributed by atoms with Crippen LogP contribution in [0.25, 0.3) is 0 Å². The Kier molecular flexibility index (Phi) is 3.83. The van der Waals surface area contributed by atoms with Crippen molar-refractivity contribution in [2.75, 3.05) is 26.2 Å². The molecule has 5 fully saturated rings. The summed E-state index contributed by atoms with van der Waals surface area (Å²) in [7, 11) is 1.59. The zero-order valence-corrected chi connectivity index (χ0v) is 15.8. The highest BCUT2D eigenvalue weighted by molar-refractivity contribution is 5.96. The van der Waals surface area contributed by atoms with E-state index >= 15 is 0 Å². The van der Waals surface area contributed by atoms with Crippen LogP contribution in [-0.2, 0) is 7.05 Å². The second-order valence-corrected chi connectivity index (χ2v) is 9.18. The molecule has 1 aromatic heterocycles. The molecule has 0 unspecified atom stereocenters. The molecule has 8 nitrogen and oxygen atoms in total. The van der Waals surface area contributed by atoms with Gasteiger partial charge in [0.15, 0.2) is 0 Å². The van der Waals surface area contributed by atoms with Gasteiger partial charge in [-0.3, -0.25) is 24.5 Å². The Morgan fingerprint density at radius 3 is 2.19 bits per heavy atom. The highest BCUT2D eigenvalue weighted by atomic mass is 16.6. The smallest absolute Gasteiger partial charge is 0.320 e. The van der Waals surface area contributed by atoms with E-state index in [0.717, 1.165) is 30.8 Å². The predicted molar refractivity (Wildman–Crippen MR) is 98.2 cm³/mol. The highest BCUT2D eigenvalue weighted by Gasteiger charge is 2.53. The van der Waals surface area contributed by atoms with Crippen molar-refractivity contribution in [1.29, 1.82) is 0 Å². The van der Waals surface area contributed by atoms with Crippen molar-refractivity contribution < 1.29 is 9.72 Å². The Morgan fingerprint density at radius 2 is 1.67 bits per heavy atom. The van der Waals surface area contributed by atoms with Crippen LogP contribution in [0.1, 0.15) is 49.0 Å². The SMILES string of the molecule is Cn1ncc([N+](=O)[O-])c1C(=O)N1CCN(C23CC4CC(CC(C4)C2)C3)CC1. The zero-order valence-electron chi connectivity index (χ0n) is 15.8. The van der Waals surface area contributed by atoms with Crippen molar-refractivity contribution in [3.8, 4) is 0 Å². The van der Waals surface area contributed by atoms with Crippen molar-refractivity contribution in [3.05, 3.63) is 22.0 Å². The predicted octanol–water partition coefficient (Wildman–Crippen LogP) is 2.05. The van der Waals surface area contributed by atoms with Crippen LogP contribution in [-0.4, -0.2) is 62.1 Å². The molecule has 1 aromatic rings. The van der Waals surface area contributed by atoms with Gasteiger partial charge in [0.05, 0.1) is 4.92 Å². The Bertz CT molecular complexity index is 745. The summed E-state index contributed by atoms with van der Waals surface area (Å²) in [6, 6.07) is 0. The fourth-order valence-corrected chi connectivity index (χ4v) is 6.79. The minimum atomic E-state index is -0.522. The topological polar surface area (TPSA) is 84.5 Å². The largest absolute Gasteiger partial charge is 0.335 e. The third kappa shape index (κ3) is 2.68. The van der Waals surface area contributed by atoms with Crippen LogP contribution in [0.15, 0.2) is 6.20 Å². The van der Waals surface area contributed by atoms with E-state index in [2.05, 4.69) is 10.00 Å². The molecule has 146 valence electrons. The van der Waals surface area contributed by atoms with Crippen LogP contribution < -0.4 is 0 Å². The van der Waals surface area contributed by atoms with Gasteiger partial charge in [0, 0.05) is 38.8 Å². The first-order chi connectivity index (χ1) is 12.9. The number of aryl methyl sites for hydroxylation is 1. The van der Waals surface area contributed by atoms with Crippen LogP contribution in [0.5, 0.6) is 0 Å². The second kappa shape index (κ2) is 6.02. The van der Waals surface area contributed by atoms with E-state index in [9.17, 15) is 14.9 Å². The molecule has 8 heteroatoms. The maximum absolute atomic E-state index is 12.9. The molecule has 4 bridgehead atoms. The lowest BCUT2D eigenvalue weighted by atomic mass is 9.52. The standard InChI is InChI=1S/C19H27N5O3/c1-21-17(16(12-20-21)24(26)27)18(25)22-2-4-23(5-3-22)19-9-13-6-14(10-19)8-15(7-13)11-19/h12-15H,2-11H2,1H3. The van der Waals surface area contributed by atoms with Gasteiger partial charge in [-0.2, -0.15) is 5.10 Å². The van der Waals surface area contributed by atoms with Gasteiger partial charge >= 0.3 is 5.69 Å². The number of rotatable bonds is 3. The Balaban J connectivity index is 1.29. The molecule has 1 saturated heterocycles. The van der Waals surface area contributed by atoms with Crippen LogP contribution in [0, 0.1) is 27.9 Å². The summed E-state index contributed by atoms with van der Waals surface area (Å²) in [4.78, 5) is 28.0. The van der Waals surface area contributed by atoms with Crippen LogP contribution in [0.2, 0.25) is 0 Å². The summed E-state index contributed by atoms with van der Waals surface area (Å²) < 4.78 is 1.33. The molecule has 0 spiro atoms. The van der Waals surface area contributed by atoms with E-state index < -0.39 is 4.92 Å². The number of amides is 1. The number of piperazine rings is 1. The molecule has 4 saturated carbocycles. The average molecular weight is 373 g/mol. The van der Waals surface area contributed by atoms with E-state index in [1.54, 1.807) is 11.9 Å². The summed E-state index contributed by atoms with van der Waals surface area (Å²) in [5.74, 6) is 2.46. The zero-order chi connectivity index (χ0) is 18.8. The maximum atomic E-state index is 12.9. The van der Waals surface area contributed by atoms with Crippen LogP contribution in [0.3, 0.4) is 0 Å². The molecule has 4 aliphatic carbocycles. The lowest BCUT2D eigenvalue weighted by Crippen LogP contribution is -2.64. The lowest BCUT2D eigenvalue weighted by molar-refractivity contribution is -0.385. The van der Waals surface area contributed by atoms with Crippen LogP contribution >= 0.6 is 0 Å². The molecule has 0 N–H and O–H groups in total. The van der Waals surface area contributed by atoms with Gasteiger partial charge < -0.3 is 4.90 Å². The minimum Gasteiger partial charge on any atom is -0.335 e. The van der Waals surface area contributed by atoms with Crippen molar-refractivity contribution in [1.82, 2.24) is 19.6 Å². The molecule has 0 atom stereocenters. The first-order valence-corrected chi connectivity index (χ1v) is 10.2. The molecule has 27 heavy (non-hydrogen) atoms. The molecule has 0 radical (unpaired) electrons. The second-order valence-electron chi connectivity index (χ2n) is 9.18. The van der Waals surface area contributed by atoms with Gasteiger partial charge in [0.1, 0.15) is 6.20 Å². The summed E-state index contributed by atoms with van der Waals surface area (Å²) in [6.07, 6.45) is 9.46. The number of carbonyl (C=O) groups excluding carboxylic acids is 1. The van der Waals surface area contributed by atoms with Gasteiger partial charge in [0.2, 0.25) is 5.69 Å². The normalized spacial score (nSPS) is 35.6.